The van der Waals surface area contributed by atoms with Gasteiger partial charge in [-0.1, -0.05) is 5.21 Å². The van der Waals surface area contributed by atoms with Crippen LogP contribution in [0.15, 0.2) is 24.3 Å². The minimum atomic E-state index is -0.307. The second kappa shape index (κ2) is 7.79. The standard InChI is InChI=1S/C19H20FN5OS/c1-11(2)21-19(26)18-13(4)22-17(27-18)10-9-16-12(3)23-24-25(16)15-7-5-14(20)6-8-15/h5-11H,1-4H3,(H,21,26). The SMILES string of the molecule is Cc1nc(C=Cc2c(C)nnn2-c2ccc(F)cc2)sc1C(=O)NC(C)C. The fourth-order valence-electron chi connectivity index (χ4n) is 2.51. The molecule has 1 aromatic carbocycles. The van der Waals surface area contributed by atoms with Gasteiger partial charge in [-0.25, -0.2) is 14.1 Å². The molecule has 1 N–H and O–H groups in total. The third-order valence-electron chi connectivity index (χ3n) is 3.78. The number of carbonyl (C=O) groups is 1. The van der Waals surface area contributed by atoms with Crippen LogP contribution >= 0.6 is 11.3 Å². The summed E-state index contributed by atoms with van der Waals surface area (Å²) in [7, 11) is 0. The third-order valence-corrected chi connectivity index (χ3v) is 4.90. The van der Waals surface area contributed by atoms with Crippen molar-refractivity contribution in [2.45, 2.75) is 33.7 Å². The van der Waals surface area contributed by atoms with Gasteiger partial charge in [0.05, 0.1) is 22.8 Å². The van der Waals surface area contributed by atoms with Crippen LogP contribution in [-0.2, 0) is 0 Å². The highest BCUT2D eigenvalue weighted by Crippen LogP contribution is 2.22. The van der Waals surface area contributed by atoms with E-state index in [0.29, 0.717) is 21.3 Å². The van der Waals surface area contributed by atoms with Crippen LogP contribution < -0.4 is 5.32 Å². The molecule has 0 aliphatic carbocycles. The van der Waals surface area contributed by atoms with Crippen molar-refractivity contribution in [2.24, 2.45) is 0 Å². The van der Waals surface area contributed by atoms with E-state index in [1.54, 1.807) is 16.8 Å². The van der Waals surface area contributed by atoms with Crippen LogP contribution in [0.4, 0.5) is 4.39 Å². The number of nitrogens with zero attached hydrogens (tertiary/aromatic N) is 4. The minimum Gasteiger partial charge on any atom is -0.349 e. The highest BCUT2D eigenvalue weighted by atomic mass is 32.1. The Morgan fingerprint density at radius 1 is 1.19 bits per heavy atom. The topological polar surface area (TPSA) is 72.7 Å². The van der Waals surface area contributed by atoms with Gasteiger partial charge in [-0.2, -0.15) is 0 Å². The lowest BCUT2D eigenvalue weighted by Gasteiger charge is -2.06. The van der Waals surface area contributed by atoms with Crippen LogP contribution in [0, 0.1) is 19.7 Å². The molecule has 3 aromatic rings. The summed E-state index contributed by atoms with van der Waals surface area (Å²) in [5.41, 5.74) is 2.91. The van der Waals surface area contributed by atoms with Gasteiger partial charge in [0.1, 0.15) is 15.7 Å². The number of hydrogen-bond acceptors (Lipinski definition) is 5. The number of thiazole rings is 1. The molecule has 140 valence electrons. The van der Waals surface area contributed by atoms with Crippen molar-refractivity contribution < 1.29 is 9.18 Å². The molecule has 27 heavy (non-hydrogen) atoms. The second-order valence-electron chi connectivity index (χ2n) is 6.38. The summed E-state index contributed by atoms with van der Waals surface area (Å²) in [5, 5.41) is 11.8. The predicted molar refractivity (Wildman–Crippen MR) is 104 cm³/mol. The Morgan fingerprint density at radius 2 is 1.89 bits per heavy atom. The number of amides is 1. The van der Waals surface area contributed by atoms with E-state index < -0.39 is 0 Å². The van der Waals surface area contributed by atoms with E-state index in [1.807, 2.05) is 39.8 Å². The van der Waals surface area contributed by atoms with E-state index in [-0.39, 0.29) is 17.8 Å². The van der Waals surface area contributed by atoms with Gasteiger partial charge in [0.25, 0.3) is 5.91 Å². The number of halogens is 1. The van der Waals surface area contributed by atoms with E-state index in [4.69, 9.17) is 0 Å². The molecular weight excluding hydrogens is 365 g/mol. The third kappa shape index (κ3) is 4.28. The van der Waals surface area contributed by atoms with Gasteiger partial charge in [0.15, 0.2) is 0 Å². The summed E-state index contributed by atoms with van der Waals surface area (Å²) >= 11 is 1.33. The average molecular weight is 385 g/mol. The van der Waals surface area contributed by atoms with Crippen molar-refractivity contribution in [3.8, 4) is 5.69 Å². The van der Waals surface area contributed by atoms with Gasteiger partial charge in [0.2, 0.25) is 0 Å². The Labute approximate surface area is 160 Å². The summed E-state index contributed by atoms with van der Waals surface area (Å²) in [6.45, 7) is 7.50. The van der Waals surface area contributed by atoms with Gasteiger partial charge in [-0.3, -0.25) is 4.79 Å². The molecule has 0 radical (unpaired) electrons. The number of benzene rings is 1. The first-order chi connectivity index (χ1) is 12.8. The first-order valence-corrected chi connectivity index (χ1v) is 9.31. The van der Waals surface area contributed by atoms with Gasteiger partial charge in [-0.05, 0) is 64.1 Å². The molecule has 0 spiro atoms. The molecule has 0 aliphatic rings. The molecule has 1 amide bonds. The van der Waals surface area contributed by atoms with Crippen LogP contribution in [0.1, 0.15) is 45.6 Å². The molecule has 0 unspecified atom stereocenters. The lowest BCUT2D eigenvalue weighted by Crippen LogP contribution is -2.29. The number of nitrogens with one attached hydrogen (secondary N) is 1. The number of aryl methyl sites for hydroxylation is 2. The molecule has 0 saturated heterocycles. The largest absolute Gasteiger partial charge is 0.349 e. The fourth-order valence-corrected chi connectivity index (χ4v) is 3.38. The summed E-state index contributed by atoms with van der Waals surface area (Å²) in [6, 6.07) is 6.11. The Hall–Kier alpha value is -2.87. The number of hydrogen-bond donors (Lipinski definition) is 1. The molecule has 2 aromatic heterocycles. The van der Waals surface area contributed by atoms with Crippen molar-refractivity contribution in [1.82, 2.24) is 25.3 Å². The van der Waals surface area contributed by atoms with Crippen molar-refractivity contribution in [2.75, 3.05) is 0 Å². The zero-order chi connectivity index (χ0) is 19.6. The molecule has 0 saturated carbocycles. The molecule has 3 rings (SSSR count). The normalized spacial score (nSPS) is 11.5. The lowest BCUT2D eigenvalue weighted by atomic mass is 10.2. The molecule has 0 atom stereocenters. The van der Waals surface area contributed by atoms with E-state index in [2.05, 4.69) is 20.6 Å². The number of rotatable bonds is 5. The van der Waals surface area contributed by atoms with Crippen molar-refractivity contribution in [3.05, 3.63) is 57.0 Å². The van der Waals surface area contributed by atoms with Crippen molar-refractivity contribution in [1.29, 1.82) is 0 Å². The molecule has 0 fully saturated rings. The average Bonchev–Trinajstić information content (AvgIpc) is 3.16. The molecule has 6 nitrogen and oxygen atoms in total. The van der Waals surface area contributed by atoms with Gasteiger partial charge in [-0.15, -0.1) is 16.4 Å². The monoisotopic (exact) mass is 385 g/mol. The number of aromatic nitrogens is 4. The molecule has 0 aliphatic heterocycles. The summed E-state index contributed by atoms with van der Waals surface area (Å²) in [4.78, 5) is 17.3. The Morgan fingerprint density at radius 3 is 2.56 bits per heavy atom. The van der Waals surface area contributed by atoms with E-state index in [1.165, 1.54) is 23.5 Å². The lowest BCUT2D eigenvalue weighted by molar-refractivity contribution is 0.0946. The van der Waals surface area contributed by atoms with Gasteiger partial charge < -0.3 is 5.32 Å². The first kappa shape index (κ1) is 18.9. The molecule has 8 heteroatoms. The fraction of sp³-hybridized carbons (Fsp3) is 0.263. The minimum absolute atomic E-state index is 0.0665. The first-order valence-electron chi connectivity index (χ1n) is 8.49. The van der Waals surface area contributed by atoms with E-state index in [9.17, 15) is 9.18 Å². The molecule has 0 bridgehead atoms. The maximum Gasteiger partial charge on any atom is 0.263 e. The van der Waals surface area contributed by atoms with E-state index in [0.717, 1.165) is 11.4 Å². The summed E-state index contributed by atoms with van der Waals surface area (Å²) < 4.78 is 14.8. The van der Waals surface area contributed by atoms with Crippen molar-refractivity contribution in [3.63, 3.8) is 0 Å². The Kier molecular flexibility index (Phi) is 5.46. The zero-order valence-corrected chi connectivity index (χ0v) is 16.3. The quantitative estimate of drug-likeness (QED) is 0.725. The summed E-state index contributed by atoms with van der Waals surface area (Å²) in [6.07, 6.45) is 3.68. The smallest absolute Gasteiger partial charge is 0.263 e. The number of carbonyl (C=O) groups excluding carboxylic acids is 1. The van der Waals surface area contributed by atoms with Crippen LogP contribution in [0.3, 0.4) is 0 Å². The van der Waals surface area contributed by atoms with E-state index >= 15 is 0 Å². The summed E-state index contributed by atoms with van der Waals surface area (Å²) in [5.74, 6) is -0.424. The maximum absolute atomic E-state index is 13.2. The van der Waals surface area contributed by atoms with Crippen LogP contribution in [0.2, 0.25) is 0 Å². The maximum atomic E-state index is 13.2. The van der Waals surface area contributed by atoms with Gasteiger partial charge in [0, 0.05) is 6.04 Å². The predicted octanol–water partition coefficient (Wildman–Crippen LogP) is 3.79. The van der Waals surface area contributed by atoms with Crippen LogP contribution in [-0.4, -0.2) is 31.9 Å². The second-order valence-corrected chi connectivity index (χ2v) is 7.41. The zero-order valence-electron chi connectivity index (χ0n) is 15.5. The van der Waals surface area contributed by atoms with Crippen molar-refractivity contribution >= 4 is 29.4 Å². The Bertz CT molecular complexity index is 988. The molecular formula is C19H20FN5OS. The van der Waals surface area contributed by atoms with Crippen LogP contribution in [0.5, 0.6) is 0 Å². The Balaban J connectivity index is 1.88. The molecule has 2 heterocycles. The highest BCUT2D eigenvalue weighted by Gasteiger charge is 2.15. The van der Waals surface area contributed by atoms with Crippen LogP contribution in [0.25, 0.3) is 17.8 Å². The van der Waals surface area contributed by atoms with Gasteiger partial charge >= 0.3 is 0 Å². The highest BCUT2D eigenvalue weighted by molar-refractivity contribution is 7.14.